The van der Waals surface area contributed by atoms with Crippen molar-refractivity contribution in [2.45, 2.75) is 12.6 Å². The van der Waals surface area contributed by atoms with Crippen molar-refractivity contribution in [1.82, 2.24) is 15.0 Å². The first-order valence-corrected chi connectivity index (χ1v) is 7.04. The average molecular weight is 295 g/mol. The van der Waals surface area contributed by atoms with E-state index < -0.39 is 6.10 Å². The van der Waals surface area contributed by atoms with Crippen LogP contribution in [0.5, 0.6) is 5.75 Å². The van der Waals surface area contributed by atoms with Crippen molar-refractivity contribution in [1.29, 1.82) is 0 Å². The molecule has 0 saturated heterocycles. The van der Waals surface area contributed by atoms with Gasteiger partial charge in [-0.05, 0) is 17.7 Å². The fourth-order valence-electron chi connectivity index (χ4n) is 2.24. The first kappa shape index (κ1) is 14.3. The second-order valence-electron chi connectivity index (χ2n) is 4.98. The highest BCUT2D eigenvalue weighted by Gasteiger charge is 2.11. The number of nitrogens with zero attached hydrogens (tertiary/aromatic N) is 3. The molecule has 5 nitrogen and oxygen atoms in total. The summed E-state index contributed by atoms with van der Waals surface area (Å²) in [5, 5.41) is 18.5. The molecule has 0 aliphatic heterocycles. The lowest BCUT2D eigenvalue weighted by atomic mass is 10.1. The van der Waals surface area contributed by atoms with Crippen LogP contribution in [0.3, 0.4) is 0 Å². The summed E-state index contributed by atoms with van der Waals surface area (Å²) in [5.41, 5.74) is 2.62. The Morgan fingerprint density at radius 1 is 1.09 bits per heavy atom. The van der Waals surface area contributed by atoms with E-state index in [2.05, 4.69) is 10.3 Å². The number of rotatable bonds is 5. The first-order chi connectivity index (χ1) is 10.8. The maximum Gasteiger partial charge on any atom is 0.118 e. The third kappa shape index (κ3) is 3.15. The Morgan fingerprint density at radius 2 is 1.82 bits per heavy atom. The molecular weight excluding hydrogens is 278 g/mol. The summed E-state index contributed by atoms with van der Waals surface area (Å²) in [6.45, 7) is 0.353. The van der Waals surface area contributed by atoms with E-state index in [0.717, 1.165) is 22.6 Å². The summed E-state index contributed by atoms with van der Waals surface area (Å²) in [6, 6.07) is 17.2. The van der Waals surface area contributed by atoms with Crippen LogP contribution < -0.4 is 4.74 Å². The van der Waals surface area contributed by atoms with Crippen molar-refractivity contribution in [3.63, 3.8) is 0 Å². The summed E-state index contributed by atoms with van der Waals surface area (Å²) in [6.07, 6.45) is 1.19. The summed E-state index contributed by atoms with van der Waals surface area (Å²) in [4.78, 5) is 0. The standard InChI is InChI=1S/C17H17N3O2/c1-22-15-9-7-14(8-10-15)17(21)12-20-11-16(18-19-20)13-5-3-2-4-6-13/h2-11,17,21H,12H2,1H3/t17-/m0/s1. The van der Waals surface area contributed by atoms with Gasteiger partial charge in [0, 0.05) is 5.56 Å². The van der Waals surface area contributed by atoms with Gasteiger partial charge >= 0.3 is 0 Å². The molecule has 3 rings (SSSR count). The molecule has 0 saturated carbocycles. The topological polar surface area (TPSA) is 60.2 Å². The molecule has 3 aromatic rings. The lowest BCUT2D eigenvalue weighted by Gasteiger charge is -2.11. The second kappa shape index (κ2) is 6.41. The summed E-state index contributed by atoms with van der Waals surface area (Å²) in [5.74, 6) is 0.767. The highest BCUT2D eigenvalue weighted by Crippen LogP contribution is 2.20. The fourth-order valence-corrected chi connectivity index (χ4v) is 2.24. The van der Waals surface area contributed by atoms with Gasteiger partial charge < -0.3 is 9.84 Å². The Balaban J connectivity index is 1.71. The monoisotopic (exact) mass is 295 g/mol. The predicted molar refractivity (Wildman–Crippen MR) is 83.4 cm³/mol. The van der Waals surface area contributed by atoms with Gasteiger partial charge in [0.25, 0.3) is 0 Å². The van der Waals surface area contributed by atoms with Gasteiger partial charge in [0.2, 0.25) is 0 Å². The molecule has 0 fully saturated rings. The summed E-state index contributed by atoms with van der Waals surface area (Å²) in [7, 11) is 1.62. The van der Waals surface area contributed by atoms with Crippen molar-refractivity contribution >= 4 is 0 Å². The molecule has 0 bridgehead atoms. The first-order valence-electron chi connectivity index (χ1n) is 7.04. The third-order valence-electron chi connectivity index (χ3n) is 3.47. The Hall–Kier alpha value is -2.66. The van der Waals surface area contributed by atoms with E-state index in [9.17, 15) is 5.11 Å². The minimum absolute atomic E-state index is 0.353. The zero-order chi connectivity index (χ0) is 15.4. The Bertz CT molecular complexity index is 723. The molecule has 1 heterocycles. The van der Waals surface area contributed by atoms with Crippen LogP contribution in [0.1, 0.15) is 11.7 Å². The molecule has 0 amide bonds. The zero-order valence-electron chi connectivity index (χ0n) is 12.3. The van der Waals surface area contributed by atoms with Crippen molar-refractivity contribution < 1.29 is 9.84 Å². The average Bonchev–Trinajstić information content (AvgIpc) is 3.04. The molecule has 1 aromatic heterocycles. The number of hydrogen-bond acceptors (Lipinski definition) is 4. The van der Waals surface area contributed by atoms with E-state index >= 15 is 0 Å². The number of ether oxygens (including phenoxy) is 1. The van der Waals surface area contributed by atoms with Gasteiger partial charge in [0.05, 0.1) is 26.0 Å². The number of aliphatic hydroxyl groups is 1. The molecule has 2 aromatic carbocycles. The van der Waals surface area contributed by atoms with E-state index in [-0.39, 0.29) is 0 Å². The Morgan fingerprint density at radius 3 is 2.50 bits per heavy atom. The Labute approximate surface area is 128 Å². The smallest absolute Gasteiger partial charge is 0.118 e. The quantitative estimate of drug-likeness (QED) is 0.786. The van der Waals surface area contributed by atoms with Gasteiger partial charge in [-0.15, -0.1) is 5.10 Å². The molecule has 112 valence electrons. The number of aliphatic hydroxyl groups excluding tert-OH is 1. The number of methoxy groups -OCH3 is 1. The van der Waals surface area contributed by atoms with Gasteiger partial charge in [0.15, 0.2) is 0 Å². The number of benzene rings is 2. The van der Waals surface area contributed by atoms with E-state index in [1.165, 1.54) is 0 Å². The van der Waals surface area contributed by atoms with Crippen molar-refractivity contribution in [3.8, 4) is 17.0 Å². The second-order valence-corrected chi connectivity index (χ2v) is 4.98. The lowest BCUT2D eigenvalue weighted by molar-refractivity contribution is 0.150. The number of aromatic nitrogens is 3. The van der Waals surface area contributed by atoms with Gasteiger partial charge in [0.1, 0.15) is 11.4 Å². The van der Waals surface area contributed by atoms with Crippen LogP contribution in [0.15, 0.2) is 60.8 Å². The predicted octanol–water partition coefficient (Wildman–Crippen LogP) is 2.69. The maximum atomic E-state index is 10.3. The molecule has 1 atom stereocenters. The fraction of sp³-hybridized carbons (Fsp3) is 0.176. The van der Waals surface area contributed by atoms with Crippen LogP contribution in [0.4, 0.5) is 0 Å². The van der Waals surface area contributed by atoms with Crippen molar-refractivity contribution in [3.05, 3.63) is 66.4 Å². The Kier molecular flexibility index (Phi) is 4.16. The van der Waals surface area contributed by atoms with Crippen molar-refractivity contribution in [2.24, 2.45) is 0 Å². The highest BCUT2D eigenvalue weighted by molar-refractivity contribution is 5.57. The van der Waals surface area contributed by atoms with Crippen LogP contribution in [0.2, 0.25) is 0 Å². The molecule has 0 unspecified atom stereocenters. The highest BCUT2D eigenvalue weighted by atomic mass is 16.5. The largest absolute Gasteiger partial charge is 0.497 e. The van der Waals surface area contributed by atoms with Crippen LogP contribution in [0, 0.1) is 0 Å². The molecule has 0 radical (unpaired) electrons. The summed E-state index contributed by atoms with van der Waals surface area (Å²) < 4.78 is 6.76. The van der Waals surface area contributed by atoms with E-state index in [4.69, 9.17) is 4.74 Å². The van der Waals surface area contributed by atoms with Crippen molar-refractivity contribution in [2.75, 3.05) is 7.11 Å². The molecule has 1 N–H and O–H groups in total. The summed E-state index contributed by atoms with van der Waals surface area (Å²) >= 11 is 0. The van der Waals surface area contributed by atoms with Gasteiger partial charge in [-0.2, -0.15) is 0 Å². The maximum absolute atomic E-state index is 10.3. The molecular formula is C17H17N3O2. The van der Waals surface area contributed by atoms with Crippen LogP contribution >= 0.6 is 0 Å². The van der Waals surface area contributed by atoms with Gasteiger partial charge in [-0.25, -0.2) is 4.68 Å². The van der Waals surface area contributed by atoms with Crippen LogP contribution in [-0.2, 0) is 6.54 Å². The van der Waals surface area contributed by atoms with Gasteiger partial charge in [-0.3, -0.25) is 0 Å². The van der Waals surface area contributed by atoms with Crippen LogP contribution in [0.25, 0.3) is 11.3 Å². The molecule has 5 heteroatoms. The van der Waals surface area contributed by atoms with E-state index in [1.807, 2.05) is 60.8 Å². The van der Waals surface area contributed by atoms with E-state index in [0.29, 0.717) is 6.54 Å². The normalized spacial score (nSPS) is 12.1. The molecule has 22 heavy (non-hydrogen) atoms. The minimum Gasteiger partial charge on any atom is -0.497 e. The lowest BCUT2D eigenvalue weighted by Crippen LogP contribution is -2.09. The van der Waals surface area contributed by atoms with Crippen LogP contribution in [-0.4, -0.2) is 27.2 Å². The number of hydrogen-bond donors (Lipinski definition) is 1. The molecule has 0 aliphatic rings. The van der Waals surface area contributed by atoms with Gasteiger partial charge in [-0.1, -0.05) is 47.7 Å². The SMILES string of the molecule is COc1ccc([C@@H](O)Cn2cc(-c3ccccc3)nn2)cc1. The minimum atomic E-state index is -0.642. The van der Waals surface area contributed by atoms with E-state index in [1.54, 1.807) is 11.8 Å². The molecule has 0 spiro atoms. The zero-order valence-corrected chi connectivity index (χ0v) is 12.3. The molecule has 0 aliphatic carbocycles. The third-order valence-corrected chi connectivity index (χ3v) is 3.47.